The number of ether oxygens (including phenoxy) is 1. The van der Waals surface area contributed by atoms with Gasteiger partial charge in [0.05, 0.1) is 17.8 Å². The predicted octanol–water partition coefficient (Wildman–Crippen LogP) is 3.73. The molecule has 0 N–H and O–H groups in total. The highest BCUT2D eigenvalue weighted by Crippen LogP contribution is 2.37. The Balaban J connectivity index is 2.15. The van der Waals surface area contributed by atoms with Crippen LogP contribution in [-0.4, -0.2) is 36.9 Å². The van der Waals surface area contributed by atoms with Crippen LogP contribution < -0.4 is 10.2 Å². The van der Waals surface area contributed by atoms with Gasteiger partial charge in [0.25, 0.3) is 0 Å². The second kappa shape index (κ2) is 7.08. The van der Waals surface area contributed by atoms with Crippen LogP contribution in [0.3, 0.4) is 0 Å². The van der Waals surface area contributed by atoms with E-state index in [9.17, 15) is 0 Å². The summed E-state index contributed by atoms with van der Waals surface area (Å²) in [5, 5.41) is 0. The number of hydrogen-bond acceptors (Lipinski definition) is 4. The molecule has 0 radical (unpaired) electrons. The van der Waals surface area contributed by atoms with Crippen molar-refractivity contribution in [3.05, 3.63) is 23.3 Å². The maximum absolute atomic E-state index is 6.20. The molecule has 1 aliphatic rings. The average molecular weight is 336 g/mol. The zero-order chi connectivity index (χ0) is 17.3. The van der Waals surface area contributed by atoms with Crippen LogP contribution in [0.25, 0.3) is 0 Å². The van der Waals surface area contributed by atoms with E-state index in [4.69, 9.17) is 14.0 Å². The Hall–Kier alpha value is -0.645. The minimum atomic E-state index is -0.316. The standard InChI is InChI=1S/C18H29BO3S/c1-13-11-15(20-9-8-10-23-7)12-14(2)16(13)19-21-17(3,4)18(5,6)22-19/h11-12H,8-10H2,1-7H3. The number of rotatable bonds is 6. The summed E-state index contributed by atoms with van der Waals surface area (Å²) in [4.78, 5) is 0. The van der Waals surface area contributed by atoms with Gasteiger partial charge in [0.1, 0.15) is 5.75 Å². The summed E-state index contributed by atoms with van der Waals surface area (Å²) in [5.41, 5.74) is 2.81. The first-order valence-corrected chi connectivity index (χ1v) is 9.66. The number of aryl methyl sites for hydroxylation is 2. The molecule has 0 aliphatic carbocycles. The van der Waals surface area contributed by atoms with Gasteiger partial charge >= 0.3 is 7.12 Å². The Bertz CT molecular complexity index is 518. The van der Waals surface area contributed by atoms with E-state index >= 15 is 0 Å². The van der Waals surface area contributed by atoms with Gasteiger partial charge in [0.2, 0.25) is 0 Å². The van der Waals surface area contributed by atoms with E-state index in [-0.39, 0.29) is 18.3 Å². The first-order valence-electron chi connectivity index (χ1n) is 8.26. The van der Waals surface area contributed by atoms with Crippen LogP contribution in [-0.2, 0) is 9.31 Å². The summed E-state index contributed by atoms with van der Waals surface area (Å²) in [6.07, 6.45) is 3.19. The molecular formula is C18H29BO3S. The highest BCUT2D eigenvalue weighted by atomic mass is 32.2. The molecule has 2 rings (SSSR count). The number of hydrogen-bond donors (Lipinski definition) is 0. The topological polar surface area (TPSA) is 27.7 Å². The molecule has 5 heteroatoms. The van der Waals surface area contributed by atoms with Gasteiger partial charge in [-0.25, -0.2) is 0 Å². The molecule has 128 valence electrons. The molecule has 0 amide bonds. The molecule has 1 heterocycles. The zero-order valence-electron chi connectivity index (χ0n) is 15.5. The first kappa shape index (κ1) is 18.7. The second-order valence-electron chi connectivity index (χ2n) is 7.25. The van der Waals surface area contributed by atoms with E-state index in [0.29, 0.717) is 0 Å². The van der Waals surface area contributed by atoms with Gasteiger partial charge in [0, 0.05) is 0 Å². The fourth-order valence-corrected chi connectivity index (χ4v) is 3.15. The van der Waals surface area contributed by atoms with E-state index in [0.717, 1.165) is 41.1 Å². The van der Waals surface area contributed by atoms with Crippen molar-refractivity contribution < 1.29 is 14.0 Å². The number of thioether (sulfide) groups is 1. The lowest BCUT2D eigenvalue weighted by Crippen LogP contribution is -2.41. The van der Waals surface area contributed by atoms with E-state index in [2.05, 4.69) is 59.9 Å². The molecule has 1 fully saturated rings. The summed E-state index contributed by atoms with van der Waals surface area (Å²) < 4.78 is 18.3. The molecule has 1 saturated heterocycles. The Morgan fingerprint density at radius 2 is 1.57 bits per heavy atom. The third-order valence-electron chi connectivity index (χ3n) is 4.82. The van der Waals surface area contributed by atoms with Gasteiger partial charge in [-0.3, -0.25) is 0 Å². The summed E-state index contributed by atoms with van der Waals surface area (Å²) in [6, 6.07) is 4.18. The molecule has 0 unspecified atom stereocenters. The van der Waals surface area contributed by atoms with E-state index in [1.54, 1.807) is 0 Å². The Morgan fingerprint density at radius 3 is 2.04 bits per heavy atom. The fraction of sp³-hybridized carbons (Fsp3) is 0.667. The van der Waals surface area contributed by atoms with E-state index in [1.165, 1.54) is 0 Å². The lowest BCUT2D eigenvalue weighted by atomic mass is 9.73. The van der Waals surface area contributed by atoms with Crippen molar-refractivity contribution in [2.24, 2.45) is 0 Å². The summed E-state index contributed by atoms with van der Waals surface area (Å²) >= 11 is 1.85. The Kier molecular flexibility index (Phi) is 5.75. The van der Waals surface area contributed by atoms with Crippen LogP contribution in [0, 0.1) is 13.8 Å². The van der Waals surface area contributed by atoms with Gasteiger partial charge in [0.15, 0.2) is 0 Å². The van der Waals surface area contributed by atoms with Crippen molar-refractivity contribution in [2.75, 3.05) is 18.6 Å². The van der Waals surface area contributed by atoms with Gasteiger partial charge in [-0.1, -0.05) is 0 Å². The predicted molar refractivity (Wildman–Crippen MR) is 100 cm³/mol. The molecule has 0 atom stereocenters. The SMILES string of the molecule is CSCCCOc1cc(C)c(B2OC(C)(C)C(C)(C)O2)c(C)c1. The van der Waals surface area contributed by atoms with E-state index in [1.807, 2.05) is 11.8 Å². The first-order chi connectivity index (χ1) is 10.7. The molecule has 1 aromatic rings. The van der Waals surface area contributed by atoms with Crippen LogP contribution in [0.5, 0.6) is 5.75 Å². The van der Waals surface area contributed by atoms with Crippen LogP contribution >= 0.6 is 11.8 Å². The maximum atomic E-state index is 6.20. The summed E-state index contributed by atoms with van der Waals surface area (Å²) in [5.74, 6) is 2.06. The van der Waals surface area contributed by atoms with Crippen molar-refractivity contribution in [3.63, 3.8) is 0 Å². The normalized spacial score (nSPS) is 19.2. The van der Waals surface area contributed by atoms with Gasteiger partial charge in [-0.2, -0.15) is 11.8 Å². The fourth-order valence-electron chi connectivity index (χ4n) is 2.74. The van der Waals surface area contributed by atoms with Crippen molar-refractivity contribution >= 4 is 24.3 Å². The maximum Gasteiger partial charge on any atom is 0.495 e. The molecule has 1 aliphatic heterocycles. The molecule has 0 bridgehead atoms. The van der Waals surface area contributed by atoms with Gasteiger partial charge in [-0.15, -0.1) is 0 Å². The minimum absolute atomic E-state index is 0.314. The molecule has 3 nitrogen and oxygen atoms in total. The molecule has 0 spiro atoms. The summed E-state index contributed by atoms with van der Waals surface area (Å²) in [7, 11) is -0.314. The van der Waals surface area contributed by atoms with Crippen LogP contribution in [0.2, 0.25) is 0 Å². The van der Waals surface area contributed by atoms with E-state index < -0.39 is 0 Å². The molecule has 0 aromatic heterocycles. The monoisotopic (exact) mass is 336 g/mol. The second-order valence-corrected chi connectivity index (χ2v) is 8.24. The van der Waals surface area contributed by atoms with Crippen molar-refractivity contribution in [1.82, 2.24) is 0 Å². The molecule has 0 saturated carbocycles. The zero-order valence-corrected chi connectivity index (χ0v) is 16.3. The quantitative estimate of drug-likeness (QED) is 0.584. The lowest BCUT2D eigenvalue weighted by molar-refractivity contribution is 0.00578. The molecule has 23 heavy (non-hydrogen) atoms. The van der Waals surface area contributed by atoms with Crippen molar-refractivity contribution in [2.45, 2.75) is 59.2 Å². The van der Waals surface area contributed by atoms with Crippen molar-refractivity contribution in [3.8, 4) is 5.75 Å². The van der Waals surface area contributed by atoms with Crippen molar-refractivity contribution in [1.29, 1.82) is 0 Å². The smallest absolute Gasteiger partial charge is 0.494 e. The number of benzene rings is 1. The molecule has 1 aromatic carbocycles. The Labute approximate surface area is 145 Å². The summed E-state index contributed by atoms with van der Waals surface area (Å²) in [6.45, 7) is 13.3. The van der Waals surface area contributed by atoms with Gasteiger partial charge in [-0.05, 0) is 88.7 Å². The van der Waals surface area contributed by atoms with Crippen LogP contribution in [0.4, 0.5) is 0 Å². The average Bonchev–Trinajstić information content (AvgIpc) is 2.62. The third-order valence-corrected chi connectivity index (χ3v) is 5.51. The largest absolute Gasteiger partial charge is 0.495 e. The minimum Gasteiger partial charge on any atom is -0.494 e. The van der Waals surface area contributed by atoms with Gasteiger partial charge < -0.3 is 14.0 Å². The lowest BCUT2D eigenvalue weighted by Gasteiger charge is -2.32. The highest BCUT2D eigenvalue weighted by molar-refractivity contribution is 7.98. The molecular weight excluding hydrogens is 307 g/mol. The van der Waals surface area contributed by atoms with Crippen LogP contribution in [0.15, 0.2) is 12.1 Å². The third kappa shape index (κ3) is 4.07. The van der Waals surface area contributed by atoms with Crippen LogP contribution in [0.1, 0.15) is 45.2 Å². The highest BCUT2D eigenvalue weighted by Gasteiger charge is 2.52. The Morgan fingerprint density at radius 1 is 1.04 bits per heavy atom.